The number of aromatic nitrogens is 1. The zero-order valence-electron chi connectivity index (χ0n) is 15.2. The van der Waals surface area contributed by atoms with Crippen LogP contribution in [0.15, 0.2) is 53.3 Å². The Bertz CT molecular complexity index is 1070. The van der Waals surface area contributed by atoms with Gasteiger partial charge in [-0.15, -0.1) is 0 Å². The molecular formula is C21H20N2O5. The lowest BCUT2D eigenvalue weighted by atomic mass is 9.94. The third kappa shape index (κ3) is 3.25. The van der Waals surface area contributed by atoms with Crippen LogP contribution in [-0.4, -0.2) is 40.3 Å². The van der Waals surface area contributed by atoms with Crippen LogP contribution in [0.2, 0.25) is 0 Å². The largest absolute Gasteiger partial charge is 0.481 e. The number of aliphatic carboxylic acids is 1. The van der Waals surface area contributed by atoms with Gasteiger partial charge in [-0.25, -0.2) is 0 Å². The van der Waals surface area contributed by atoms with Crippen molar-refractivity contribution in [1.29, 1.82) is 0 Å². The number of carbonyl (C=O) groups is 2. The van der Waals surface area contributed by atoms with Crippen molar-refractivity contribution >= 4 is 33.7 Å². The van der Waals surface area contributed by atoms with Crippen molar-refractivity contribution in [2.75, 3.05) is 13.2 Å². The highest BCUT2D eigenvalue weighted by atomic mass is 16.5. The lowest BCUT2D eigenvalue weighted by Gasteiger charge is -2.27. The normalized spacial score (nSPS) is 19.1. The Hall–Kier alpha value is -3.19. The van der Waals surface area contributed by atoms with Crippen molar-refractivity contribution in [1.82, 2.24) is 9.88 Å². The van der Waals surface area contributed by atoms with E-state index in [9.17, 15) is 19.5 Å². The number of nitrogens with one attached hydrogen (secondary N) is 1. The molecule has 1 aliphatic heterocycles. The molecule has 4 rings (SSSR count). The quantitative estimate of drug-likeness (QED) is 0.659. The second-order valence-electron chi connectivity index (χ2n) is 7.15. The van der Waals surface area contributed by atoms with E-state index >= 15 is 0 Å². The van der Waals surface area contributed by atoms with Crippen LogP contribution in [0.1, 0.15) is 12.8 Å². The van der Waals surface area contributed by atoms with Gasteiger partial charge < -0.3 is 19.7 Å². The lowest BCUT2D eigenvalue weighted by Crippen LogP contribution is -2.51. The van der Waals surface area contributed by atoms with Crippen molar-refractivity contribution in [2.24, 2.45) is 0 Å². The number of carboxylic acids is 1. The molecule has 1 aromatic heterocycles. The first kappa shape index (κ1) is 18.2. The van der Waals surface area contributed by atoms with Gasteiger partial charge >= 0.3 is 5.97 Å². The number of pyridine rings is 1. The van der Waals surface area contributed by atoms with Crippen LogP contribution in [0.5, 0.6) is 0 Å². The molecule has 7 heteroatoms. The van der Waals surface area contributed by atoms with Crippen molar-refractivity contribution < 1.29 is 19.4 Å². The maximum atomic E-state index is 12.9. The SMILES string of the molecule is O=C(O)CC1(NC(=O)Cn2c3ccccc3c(=O)c3ccccc32)CCOC1. The van der Waals surface area contributed by atoms with E-state index in [1.54, 1.807) is 28.8 Å². The van der Waals surface area contributed by atoms with E-state index in [0.29, 0.717) is 34.8 Å². The predicted molar refractivity (Wildman–Crippen MR) is 104 cm³/mol. The van der Waals surface area contributed by atoms with Crippen LogP contribution in [0.25, 0.3) is 21.8 Å². The minimum Gasteiger partial charge on any atom is -0.481 e. The molecule has 2 heterocycles. The summed E-state index contributed by atoms with van der Waals surface area (Å²) in [5.41, 5.74) is 0.357. The molecular weight excluding hydrogens is 360 g/mol. The van der Waals surface area contributed by atoms with Crippen LogP contribution in [0, 0.1) is 0 Å². The molecule has 0 aliphatic carbocycles. The van der Waals surface area contributed by atoms with Gasteiger partial charge in [-0.3, -0.25) is 14.4 Å². The predicted octanol–water partition coefficient (Wildman–Crippen LogP) is 1.90. The van der Waals surface area contributed by atoms with E-state index in [2.05, 4.69) is 5.32 Å². The Morgan fingerprint density at radius 2 is 1.68 bits per heavy atom. The van der Waals surface area contributed by atoms with Crippen LogP contribution >= 0.6 is 0 Å². The first-order valence-electron chi connectivity index (χ1n) is 9.10. The summed E-state index contributed by atoms with van der Waals surface area (Å²) in [6, 6.07) is 14.3. The zero-order chi connectivity index (χ0) is 19.7. The van der Waals surface area contributed by atoms with Crippen molar-refractivity contribution in [3.63, 3.8) is 0 Å². The fraction of sp³-hybridized carbons (Fsp3) is 0.286. The van der Waals surface area contributed by atoms with Gasteiger partial charge in [0.15, 0.2) is 5.43 Å². The monoisotopic (exact) mass is 380 g/mol. The average Bonchev–Trinajstić information content (AvgIpc) is 3.12. The Balaban J connectivity index is 1.74. The van der Waals surface area contributed by atoms with Gasteiger partial charge in [0.25, 0.3) is 0 Å². The van der Waals surface area contributed by atoms with E-state index < -0.39 is 11.5 Å². The van der Waals surface area contributed by atoms with Gasteiger partial charge in [-0.2, -0.15) is 0 Å². The zero-order valence-corrected chi connectivity index (χ0v) is 15.2. The van der Waals surface area contributed by atoms with Crippen LogP contribution in [0.4, 0.5) is 0 Å². The summed E-state index contributed by atoms with van der Waals surface area (Å²) < 4.78 is 7.14. The number of ether oxygens (including phenoxy) is 1. The number of para-hydroxylation sites is 2. The van der Waals surface area contributed by atoms with Crippen LogP contribution in [-0.2, 0) is 20.9 Å². The average molecular weight is 380 g/mol. The van der Waals surface area contributed by atoms with Gasteiger partial charge in [0.1, 0.15) is 6.54 Å². The molecule has 0 radical (unpaired) electrons. The molecule has 2 N–H and O–H groups in total. The van der Waals surface area contributed by atoms with Crippen LogP contribution in [0.3, 0.4) is 0 Å². The number of carboxylic acid groups (broad SMARTS) is 1. The van der Waals surface area contributed by atoms with Crippen molar-refractivity contribution in [2.45, 2.75) is 24.9 Å². The minimum atomic E-state index is -0.981. The highest BCUT2D eigenvalue weighted by molar-refractivity contribution is 5.95. The molecule has 28 heavy (non-hydrogen) atoms. The molecule has 3 aromatic rings. The van der Waals surface area contributed by atoms with E-state index in [4.69, 9.17) is 4.74 Å². The Kier molecular flexibility index (Phi) is 4.60. The maximum absolute atomic E-state index is 12.9. The Morgan fingerprint density at radius 1 is 1.07 bits per heavy atom. The highest BCUT2D eigenvalue weighted by Crippen LogP contribution is 2.24. The summed E-state index contributed by atoms with van der Waals surface area (Å²) in [4.78, 5) is 36.9. The molecule has 0 spiro atoms. The van der Waals surface area contributed by atoms with Gasteiger partial charge in [-0.05, 0) is 30.7 Å². The number of fused-ring (bicyclic) bond motifs is 2. The molecule has 1 aliphatic rings. The highest BCUT2D eigenvalue weighted by Gasteiger charge is 2.38. The number of carbonyl (C=O) groups excluding carboxylic acids is 1. The number of hydrogen-bond acceptors (Lipinski definition) is 4. The van der Waals surface area contributed by atoms with E-state index in [-0.39, 0.29) is 30.9 Å². The van der Waals surface area contributed by atoms with E-state index in [1.807, 2.05) is 24.3 Å². The molecule has 0 bridgehead atoms. The second-order valence-corrected chi connectivity index (χ2v) is 7.15. The molecule has 1 unspecified atom stereocenters. The first-order chi connectivity index (χ1) is 13.5. The Morgan fingerprint density at radius 3 is 2.21 bits per heavy atom. The Labute approximate surface area is 160 Å². The molecule has 2 aromatic carbocycles. The fourth-order valence-electron chi connectivity index (χ4n) is 3.91. The van der Waals surface area contributed by atoms with Gasteiger partial charge in [0, 0.05) is 17.4 Å². The summed E-state index contributed by atoms with van der Waals surface area (Å²) >= 11 is 0. The molecule has 144 valence electrons. The number of amides is 1. The number of nitrogens with zero attached hydrogens (tertiary/aromatic N) is 1. The van der Waals surface area contributed by atoms with E-state index in [0.717, 1.165) is 0 Å². The van der Waals surface area contributed by atoms with Crippen molar-refractivity contribution in [3.8, 4) is 0 Å². The molecule has 1 saturated heterocycles. The van der Waals surface area contributed by atoms with Crippen molar-refractivity contribution in [3.05, 3.63) is 58.8 Å². The lowest BCUT2D eigenvalue weighted by molar-refractivity contribution is -0.139. The summed E-state index contributed by atoms with van der Waals surface area (Å²) in [6.45, 7) is 0.566. The maximum Gasteiger partial charge on any atom is 0.305 e. The molecule has 0 saturated carbocycles. The molecule has 1 amide bonds. The summed E-state index contributed by atoms with van der Waals surface area (Å²) in [5, 5.41) is 13.2. The third-order valence-corrected chi connectivity index (χ3v) is 5.18. The van der Waals surface area contributed by atoms with Crippen LogP contribution < -0.4 is 10.7 Å². The molecule has 1 fully saturated rings. The van der Waals surface area contributed by atoms with Gasteiger partial charge in [-0.1, -0.05) is 24.3 Å². The first-order valence-corrected chi connectivity index (χ1v) is 9.10. The number of hydrogen-bond donors (Lipinski definition) is 2. The fourth-order valence-corrected chi connectivity index (χ4v) is 3.91. The molecule has 7 nitrogen and oxygen atoms in total. The second kappa shape index (κ2) is 7.09. The van der Waals surface area contributed by atoms with Gasteiger partial charge in [0.2, 0.25) is 5.91 Å². The van der Waals surface area contributed by atoms with E-state index in [1.165, 1.54) is 0 Å². The standard InChI is InChI=1S/C21H20N2O5/c24-18(22-21(11-19(25)26)9-10-28-13-21)12-23-16-7-3-1-5-14(16)20(27)15-6-2-4-8-17(15)23/h1-8H,9-13H2,(H,22,24)(H,25,26). The summed E-state index contributed by atoms with van der Waals surface area (Å²) in [6.07, 6.45) is 0.265. The molecule has 1 atom stereocenters. The summed E-state index contributed by atoms with van der Waals surface area (Å²) in [5.74, 6) is -1.30. The summed E-state index contributed by atoms with van der Waals surface area (Å²) in [7, 11) is 0. The minimum absolute atomic E-state index is 0.0251. The third-order valence-electron chi connectivity index (χ3n) is 5.18. The smallest absolute Gasteiger partial charge is 0.305 e. The topological polar surface area (TPSA) is 97.6 Å². The number of rotatable bonds is 5. The number of benzene rings is 2. The van der Waals surface area contributed by atoms with Gasteiger partial charge in [0.05, 0.1) is 29.6 Å².